The van der Waals surface area contributed by atoms with Gasteiger partial charge in [-0.05, 0) is 30.5 Å². The molecule has 5 heteroatoms. The van der Waals surface area contributed by atoms with Crippen LogP contribution in [0.4, 0.5) is 5.69 Å². The van der Waals surface area contributed by atoms with Crippen LogP contribution in [0.25, 0.3) is 0 Å². The number of rotatable bonds is 5. The standard InChI is InChI=1S/C19H22N2O3/c1-13-7-6-8-15(11-13)14(2)12-20-18(22)19(23)21-16-9-4-5-10-17(16)24-3/h4-11,14H,12H2,1-3H3,(H,20,22)(H,21,23)/t14-/m1/s1. The molecule has 5 nitrogen and oxygen atoms in total. The average Bonchev–Trinajstić information content (AvgIpc) is 2.59. The largest absolute Gasteiger partial charge is 0.495 e. The van der Waals surface area contributed by atoms with Crippen LogP contribution in [0.1, 0.15) is 24.0 Å². The molecule has 0 unspecified atom stereocenters. The van der Waals surface area contributed by atoms with Crippen LogP contribution in [-0.4, -0.2) is 25.5 Å². The second kappa shape index (κ2) is 8.15. The lowest BCUT2D eigenvalue weighted by molar-refractivity contribution is -0.136. The first-order chi connectivity index (χ1) is 11.5. The summed E-state index contributed by atoms with van der Waals surface area (Å²) in [6.07, 6.45) is 0. The van der Waals surface area contributed by atoms with Gasteiger partial charge < -0.3 is 15.4 Å². The van der Waals surface area contributed by atoms with E-state index in [1.54, 1.807) is 24.3 Å². The number of anilines is 1. The van der Waals surface area contributed by atoms with Crippen molar-refractivity contribution in [1.29, 1.82) is 0 Å². The van der Waals surface area contributed by atoms with E-state index in [2.05, 4.69) is 16.7 Å². The Morgan fingerprint density at radius 3 is 2.54 bits per heavy atom. The Labute approximate surface area is 142 Å². The van der Waals surface area contributed by atoms with Gasteiger partial charge >= 0.3 is 11.8 Å². The molecule has 0 aliphatic carbocycles. The van der Waals surface area contributed by atoms with Gasteiger partial charge in [-0.25, -0.2) is 0 Å². The normalized spacial score (nSPS) is 11.5. The van der Waals surface area contributed by atoms with Crippen LogP contribution in [0.15, 0.2) is 48.5 Å². The maximum Gasteiger partial charge on any atom is 0.313 e. The Kier molecular flexibility index (Phi) is 5.95. The van der Waals surface area contributed by atoms with Crippen molar-refractivity contribution in [3.05, 3.63) is 59.7 Å². The van der Waals surface area contributed by atoms with E-state index in [9.17, 15) is 9.59 Å². The van der Waals surface area contributed by atoms with Crippen molar-refractivity contribution in [2.45, 2.75) is 19.8 Å². The summed E-state index contributed by atoms with van der Waals surface area (Å²) >= 11 is 0. The molecule has 0 radical (unpaired) electrons. The summed E-state index contributed by atoms with van der Waals surface area (Å²) in [5.41, 5.74) is 2.76. The highest BCUT2D eigenvalue weighted by Gasteiger charge is 2.16. The maximum atomic E-state index is 12.0. The lowest BCUT2D eigenvalue weighted by atomic mass is 9.99. The van der Waals surface area contributed by atoms with Gasteiger partial charge in [0.2, 0.25) is 0 Å². The summed E-state index contributed by atoms with van der Waals surface area (Å²) in [7, 11) is 1.51. The van der Waals surface area contributed by atoms with E-state index in [1.807, 2.05) is 32.0 Å². The van der Waals surface area contributed by atoms with E-state index in [0.29, 0.717) is 18.0 Å². The quantitative estimate of drug-likeness (QED) is 0.830. The molecule has 0 aliphatic rings. The molecule has 2 rings (SSSR count). The van der Waals surface area contributed by atoms with Gasteiger partial charge in [-0.1, -0.05) is 48.9 Å². The number of ether oxygens (including phenoxy) is 1. The van der Waals surface area contributed by atoms with Crippen molar-refractivity contribution >= 4 is 17.5 Å². The Morgan fingerprint density at radius 1 is 1.08 bits per heavy atom. The molecule has 0 fully saturated rings. The molecule has 2 N–H and O–H groups in total. The first-order valence-corrected chi connectivity index (χ1v) is 7.80. The molecule has 0 saturated heterocycles. The van der Waals surface area contributed by atoms with Gasteiger partial charge in [0.25, 0.3) is 0 Å². The van der Waals surface area contributed by atoms with E-state index in [4.69, 9.17) is 4.74 Å². The molecule has 0 aromatic heterocycles. The first kappa shape index (κ1) is 17.5. The number of hydrogen-bond acceptors (Lipinski definition) is 3. The van der Waals surface area contributed by atoms with Gasteiger partial charge in [-0.15, -0.1) is 0 Å². The zero-order valence-corrected chi connectivity index (χ0v) is 14.1. The highest BCUT2D eigenvalue weighted by molar-refractivity contribution is 6.39. The fourth-order valence-electron chi connectivity index (χ4n) is 2.35. The van der Waals surface area contributed by atoms with Gasteiger partial charge in [-0.3, -0.25) is 9.59 Å². The molecule has 2 aromatic carbocycles. The van der Waals surface area contributed by atoms with Gasteiger partial charge in [0.05, 0.1) is 12.8 Å². The Morgan fingerprint density at radius 2 is 1.83 bits per heavy atom. The van der Waals surface area contributed by atoms with Crippen molar-refractivity contribution in [3.8, 4) is 5.75 Å². The molecule has 0 bridgehead atoms. The minimum atomic E-state index is -0.712. The van der Waals surface area contributed by atoms with Crippen molar-refractivity contribution < 1.29 is 14.3 Å². The third kappa shape index (κ3) is 4.59. The van der Waals surface area contributed by atoms with Crippen LogP contribution in [0.2, 0.25) is 0 Å². The minimum absolute atomic E-state index is 0.118. The smallest absolute Gasteiger partial charge is 0.313 e. The van der Waals surface area contributed by atoms with Crippen LogP contribution in [0, 0.1) is 6.92 Å². The number of methoxy groups -OCH3 is 1. The lowest BCUT2D eigenvalue weighted by Crippen LogP contribution is -2.37. The summed E-state index contributed by atoms with van der Waals surface area (Å²) in [4.78, 5) is 24.0. The summed E-state index contributed by atoms with van der Waals surface area (Å²) < 4.78 is 5.15. The molecule has 24 heavy (non-hydrogen) atoms. The van der Waals surface area contributed by atoms with E-state index in [0.717, 1.165) is 5.56 Å². The monoisotopic (exact) mass is 326 g/mol. The highest BCUT2D eigenvalue weighted by Crippen LogP contribution is 2.22. The molecule has 0 spiro atoms. The Balaban J connectivity index is 1.91. The second-order valence-corrected chi connectivity index (χ2v) is 5.68. The van der Waals surface area contributed by atoms with E-state index >= 15 is 0 Å². The molecule has 2 amide bonds. The molecule has 0 saturated carbocycles. The topological polar surface area (TPSA) is 67.4 Å². The Bertz CT molecular complexity index is 728. The predicted octanol–water partition coefficient (Wildman–Crippen LogP) is 2.86. The van der Waals surface area contributed by atoms with Crippen molar-refractivity contribution in [2.24, 2.45) is 0 Å². The SMILES string of the molecule is COc1ccccc1NC(=O)C(=O)NC[C@@H](C)c1cccc(C)c1. The second-order valence-electron chi connectivity index (χ2n) is 5.68. The maximum absolute atomic E-state index is 12.0. The Hall–Kier alpha value is -2.82. The number of para-hydroxylation sites is 2. The van der Waals surface area contributed by atoms with Crippen LogP contribution >= 0.6 is 0 Å². The number of carbonyl (C=O) groups is 2. The molecule has 0 heterocycles. The molecule has 0 aliphatic heterocycles. The first-order valence-electron chi connectivity index (χ1n) is 7.80. The average molecular weight is 326 g/mol. The highest BCUT2D eigenvalue weighted by atomic mass is 16.5. The summed E-state index contributed by atoms with van der Waals surface area (Å²) in [6.45, 7) is 4.42. The van der Waals surface area contributed by atoms with Crippen molar-refractivity contribution in [2.75, 3.05) is 19.0 Å². The molecular weight excluding hydrogens is 304 g/mol. The molecular formula is C19H22N2O3. The van der Waals surface area contributed by atoms with E-state index in [1.165, 1.54) is 12.7 Å². The third-order valence-corrected chi connectivity index (χ3v) is 3.74. The third-order valence-electron chi connectivity index (χ3n) is 3.74. The van der Waals surface area contributed by atoms with Crippen LogP contribution in [0.5, 0.6) is 5.75 Å². The molecule has 126 valence electrons. The van der Waals surface area contributed by atoms with Gasteiger partial charge in [-0.2, -0.15) is 0 Å². The van der Waals surface area contributed by atoms with E-state index in [-0.39, 0.29) is 5.92 Å². The zero-order valence-electron chi connectivity index (χ0n) is 14.1. The van der Waals surface area contributed by atoms with Crippen LogP contribution in [0.3, 0.4) is 0 Å². The fraction of sp³-hybridized carbons (Fsp3) is 0.263. The van der Waals surface area contributed by atoms with Gasteiger partial charge in [0, 0.05) is 6.54 Å². The zero-order chi connectivity index (χ0) is 17.5. The van der Waals surface area contributed by atoms with Crippen LogP contribution in [-0.2, 0) is 9.59 Å². The van der Waals surface area contributed by atoms with Crippen molar-refractivity contribution in [3.63, 3.8) is 0 Å². The molecule has 2 aromatic rings. The fourth-order valence-corrected chi connectivity index (χ4v) is 2.35. The number of amides is 2. The summed E-state index contributed by atoms with van der Waals surface area (Å²) in [6, 6.07) is 15.0. The predicted molar refractivity (Wildman–Crippen MR) is 94.2 cm³/mol. The number of benzene rings is 2. The van der Waals surface area contributed by atoms with Crippen LogP contribution < -0.4 is 15.4 Å². The lowest BCUT2D eigenvalue weighted by Gasteiger charge is -2.14. The summed E-state index contributed by atoms with van der Waals surface area (Å²) in [5, 5.41) is 5.22. The number of carbonyl (C=O) groups excluding carboxylic acids is 2. The minimum Gasteiger partial charge on any atom is -0.495 e. The molecule has 1 atom stereocenters. The summed E-state index contributed by atoms with van der Waals surface area (Å²) in [5.74, 6) is -0.754. The number of aryl methyl sites for hydroxylation is 1. The van der Waals surface area contributed by atoms with E-state index < -0.39 is 11.8 Å². The number of hydrogen-bond donors (Lipinski definition) is 2. The van der Waals surface area contributed by atoms with Gasteiger partial charge in [0.15, 0.2) is 0 Å². The van der Waals surface area contributed by atoms with Gasteiger partial charge in [0.1, 0.15) is 5.75 Å². The number of nitrogens with one attached hydrogen (secondary N) is 2. The van der Waals surface area contributed by atoms with Crippen molar-refractivity contribution in [1.82, 2.24) is 5.32 Å².